The zero-order valence-electron chi connectivity index (χ0n) is 11.2. The van der Waals surface area contributed by atoms with E-state index in [1.807, 2.05) is 37.3 Å². The van der Waals surface area contributed by atoms with Gasteiger partial charge >= 0.3 is 0 Å². The Bertz CT molecular complexity index is 569. The number of benzene rings is 1. The van der Waals surface area contributed by atoms with Gasteiger partial charge in [0.15, 0.2) is 0 Å². The Balaban J connectivity index is 2.22. The number of rotatable bonds is 4. The Morgan fingerprint density at radius 3 is 2.68 bits per heavy atom. The van der Waals surface area contributed by atoms with Crippen LogP contribution in [0.1, 0.15) is 18.2 Å². The normalized spacial score (nSPS) is 10.5. The maximum Gasteiger partial charge on any atom is 0.129 e. The van der Waals surface area contributed by atoms with Crippen molar-refractivity contribution in [1.29, 1.82) is 0 Å². The number of aromatic nitrogens is 1. The fraction of sp³-hybridized carbons (Fsp3) is 0.267. The van der Waals surface area contributed by atoms with Gasteiger partial charge in [-0.2, -0.15) is 0 Å². The van der Waals surface area contributed by atoms with Gasteiger partial charge in [-0.15, -0.1) is 0 Å². The van der Waals surface area contributed by atoms with Crippen molar-refractivity contribution in [3.05, 3.63) is 52.1 Å². The minimum atomic E-state index is 0.800. The quantitative estimate of drug-likeness (QED) is 0.872. The van der Waals surface area contributed by atoms with E-state index in [9.17, 15) is 0 Å². The van der Waals surface area contributed by atoms with Crippen molar-refractivity contribution in [3.8, 4) is 0 Å². The molecule has 1 aromatic heterocycles. The highest BCUT2D eigenvalue weighted by Crippen LogP contribution is 2.21. The average molecular weight is 320 g/mol. The Morgan fingerprint density at radius 1 is 1.26 bits per heavy atom. The van der Waals surface area contributed by atoms with E-state index in [1.165, 1.54) is 5.56 Å². The summed E-state index contributed by atoms with van der Waals surface area (Å²) < 4.78 is 1.04. The molecule has 2 N–H and O–H groups in total. The summed E-state index contributed by atoms with van der Waals surface area (Å²) >= 11 is 3.48. The van der Waals surface area contributed by atoms with Crippen LogP contribution in [0.4, 0.5) is 11.5 Å². The average Bonchev–Trinajstić information content (AvgIpc) is 2.39. The van der Waals surface area contributed by atoms with Gasteiger partial charge in [0.1, 0.15) is 5.82 Å². The van der Waals surface area contributed by atoms with Crippen LogP contribution in [-0.2, 0) is 6.54 Å². The number of nitrogens with two attached hydrogens (primary N) is 1. The summed E-state index contributed by atoms with van der Waals surface area (Å²) in [6, 6.07) is 12.1. The molecule has 0 aliphatic heterocycles. The summed E-state index contributed by atoms with van der Waals surface area (Å²) in [6.45, 7) is 5.85. The summed E-state index contributed by atoms with van der Waals surface area (Å²) in [6.07, 6.45) is 0. The molecule has 0 unspecified atom stereocenters. The lowest BCUT2D eigenvalue weighted by atomic mass is 10.2. The molecule has 3 nitrogen and oxygen atoms in total. The van der Waals surface area contributed by atoms with Crippen LogP contribution in [0.25, 0.3) is 0 Å². The van der Waals surface area contributed by atoms with E-state index < -0.39 is 0 Å². The summed E-state index contributed by atoms with van der Waals surface area (Å²) in [5.41, 5.74) is 8.82. The van der Waals surface area contributed by atoms with E-state index in [2.05, 4.69) is 38.8 Å². The van der Waals surface area contributed by atoms with Gasteiger partial charge in [-0.05, 0) is 59.6 Å². The summed E-state index contributed by atoms with van der Waals surface area (Å²) in [5.74, 6) is 0.991. The fourth-order valence-corrected chi connectivity index (χ4v) is 2.19. The largest absolute Gasteiger partial charge is 0.399 e. The molecular weight excluding hydrogens is 302 g/mol. The maximum atomic E-state index is 5.82. The van der Waals surface area contributed by atoms with Crippen molar-refractivity contribution in [2.75, 3.05) is 17.2 Å². The molecule has 0 saturated heterocycles. The number of nitrogens with zero attached hydrogens (tertiary/aromatic N) is 2. The third-order valence-electron chi connectivity index (χ3n) is 3.04. The first-order chi connectivity index (χ1) is 9.10. The van der Waals surface area contributed by atoms with E-state index >= 15 is 0 Å². The molecule has 0 atom stereocenters. The van der Waals surface area contributed by atoms with Gasteiger partial charge in [0.25, 0.3) is 0 Å². The lowest BCUT2D eigenvalue weighted by Gasteiger charge is -2.22. The first-order valence-electron chi connectivity index (χ1n) is 6.32. The van der Waals surface area contributed by atoms with Crippen LogP contribution in [-0.4, -0.2) is 11.5 Å². The highest BCUT2D eigenvalue weighted by atomic mass is 79.9. The first-order valence-corrected chi connectivity index (χ1v) is 7.12. The molecule has 0 aliphatic carbocycles. The van der Waals surface area contributed by atoms with Gasteiger partial charge in [0.05, 0.1) is 5.69 Å². The predicted molar refractivity (Wildman–Crippen MR) is 84.3 cm³/mol. The summed E-state index contributed by atoms with van der Waals surface area (Å²) in [7, 11) is 0. The number of anilines is 2. The second-order valence-electron chi connectivity index (χ2n) is 4.50. The zero-order valence-corrected chi connectivity index (χ0v) is 12.8. The van der Waals surface area contributed by atoms with Gasteiger partial charge in [-0.25, -0.2) is 4.98 Å². The zero-order chi connectivity index (χ0) is 13.8. The van der Waals surface area contributed by atoms with Gasteiger partial charge in [-0.3, -0.25) is 0 Å². The van der Waals surface area contributed by atoms with E-state index in [1.54, 1.807) is 0 Å². The number of nitrogen functional groups attached to an aromatic ring is 1. The highest BCUT2D eigenvalue weighted by molar-refractivity contribution is 9.10. The monoisotopic (exact) mass is 319 g/mol. The number of aryl methyl sites for hydroxylation is 1. The predicted octanol–water partition coefficient (Wildman–Crippen LogP) is 3.76. The molecular formula is C15H18BrN3. The Morgan fingerprint density at radius 2 is 2.05 bits per heavy atom. The molecule has 0 aliphatic rings. The molecule has 0 saturated carbocycles. The van der Waals surface area contributed by atoms with Gasteiger partial charge in [0, 0.05) is 23.2 Å². The molecule has 0 amide bonds. The first kappa shape index (κ1) is 13.9. The van der Waals surface area contributed by atoms with Crippen molar-refractivity contribution < 1.29 is 0 Å². The van der Waals surface area contributed by atoms with Crippen molar-refractivity contribution in [2.45, 2.75) is 20.4 Å². The molecule has 2 aromatic rings. The smallest absolute Gasteiger partial charge is 0.129 e. The Kier molecular flexibility index (Phi) is 4.43. The summed E-state index contributed by atoms with van der Waals surface area (Å²) in [5, 5.41) is 0. The maximum absolute atomic E-state index is 5.82. The molecule has 2 rings (SSSR count). The van der Waals surface area contributed by atoms with E-state index in [0.29, 0.717) is 0 Å². The Labute approximate surface area is 122 Å². The summed E-state index contributed by atoms with van der Waals surface area (Å²) in [4.78, 5) is 6.84. The van der Waals surface area contributed by atoms with Crippen LogP contribution in [0, 0.1) is 6.92 Å². The van der Waals surface area contributed by atoms with Gasteiger partial charge in [-0.1, -0.05) is 12.1 Å². The third kappa shape index (κ3) is 3.47. The van der Waals surface area contributed by atoms with Gasteiger partial charge in [0.2, 0.25) is 0 Å². The van der Waals surface area contributed by atoms with Crippen molar-refractivity contribution in [2.24, 2.45) is 0 Å². The molecule has 0 fully saturated rings. The second-order valence-corrected chi connectivity index (χ2v) is 5.35. The second kappa shape index (κ2) is 6.06. The topological polar surface area (TPSA) is 42.1 Å². The lowest BCUT2D eigenvalue weighted by Crippen LogP contribution is -2.23. The van der Waals surface area contributed by atoms with Crippen LogP contribution in [0.5, 0.6) is 0 Å². The number of hydrogen-bond donors (Lipinski definition) is 1. The van der Waals surface area contributed by atoms with Crippen molar-refractivity contribution in [1.82, 2.24) is 4.98 Å². The number of hydrogen-bond acceptors (Lipinski definition) is 3. The molecule has 100 valence electrons. The van der Waals surface area contributed by atoms with Crippen LogP contribution in [0.3, 0.4) is 0 Å². The van der Waals surface area contributed by atoms with Crippen LogP contribution in [0.2, 0.25) is 0 Å². The van der Waals surface area contributed by atoms with Gasteiger partial charge < -0.3 is 10.6 Å². The van der Waals surface area contributed by atoms with E-state index in [-0.39, 0.29) is 0 Å². The molecule has 0 radical (unpaired) electrons. The van der Waals surface area contributed by atoms with Crippen LogP contribution in [0.15, 0.2) is 40.9 Å². The van der Waals surface area contributed by atoms with Crippen molar-refractivity contribution >= 4 is 27.4 Å². The third-order valence-corrected chi connectivity index (χ3v) is 3.87. The highest BCUT2D eigenvalue weighted by Gasteiger charge is 2.08. The molecule has 1 aromatic carbocycles. The molecule has 1 heterocycles. The molecule has 0 bridgehead atoms. The van der Waals surface area contributed by atoms with E-state index in [4.69, 9.17) is 5.73 Å². The van der Waals surface area contributed by atoms with Crippen LogP contribution >= 0.6 is 15.9 Å². The number of pyridine rings is 1. The van der Waals surface area contributed by atoms with Crippen LogP contribution < -0.4 is 10.6 Å². The minimum Gasteiger partial charge on any atom is -0.399 e. The lowest BCUT2D eigenvalue weighted by molar-refractivity contribution is 0.810. The van der Waals surface area contributed by atoms with Crippen molar-refractivity contribution in [3.63, 3.8) is 0 Å². The van der Waals surface area contributed by atoms with E-state index in [0.717, 1.165) is 34.8 Å². The minimum absolute atomic E-state index is 0.800. The Hall–Kier alpha value is -1.55. The molecule has 4 heteroatoms. The number of halogens is 1. The molecule has 19 heavy (non-hydrogen) atoms. The SMILES string of the molecule is CCN(Cc1cccc(N)c1)c1ccc(Br)c(C)n1. The standard InChI is InChI=1S/C15H18BrN3/c1-3-19(10-12-5-4-6-13(17)9-12)15-8-7-14(16)11(2)18-15/h4-9H,3,10,17H2,1-2H3. The fourth-order valence-electron chi connectivity index (χ4n) is 1.97. The molecule has 0 spiro atoms.